The standard InChI is InChI=1S/C15H23N3O3/c1-3-4-9-18-13(19)6-5-12(16-18)14(20)17-10-7-15(2,21)8-11-17/h5-6,21H,3-4,7-11H2,1-2H3. The van der Waals surface area contributed by atoms with Crippen LogP contribution in [0.25, 0.3) is 0 Å². The average Bonchev–Trinajstić information content (AvgIpc) is 2.46. The molecule has 1 aromatic heterocycles. The van der Waals surface area contributed by atoms with Crippen molar-refractivity contribution in [1.29, 1.82) is 0 Å². The number of hydrogen-bond acceptors (Lipinski definition) is 4. The Labute approximate surface area is 124 Å². The van der Waals surface area contributed by atoms with Crippen LogP contribution in [0.4, 0.5) is 0 Å². The van der Waals surface area contributed by atoms with Crippen LogP contribution in [0.15, 0.2) is 16.9 Å². The molecule has 0 unspecified atom stereocenters. The number of rotatable bonds is 4. The van der Waals surface area contributed by atoms with E-state index in [1.54, 1.807) is 11.8 Å². The molecule has 2 heterocycles. The van der Waals surface area contributed by atoms with Gasteiger partial charge >= 0.3 is 0 Å². The number of aliphatic hydroxyl groups is 1. The number of nitrogens with zero attached hydrogens (tertiary/aromatic N) is 3. The van der Waals surface area contributed by atoms with E-state index in [-0.39, 0.29) is 11.5 Å². The molecule has 116 valence electrons. The van der Waals surface area contributed by atoms with Crippen molar-refractivity contribution in [3.05, 3.63) is 28.2 Å². The highest BCUT2D eigenvalue weighted by Gasteiger charge is 2.30. The first-order chi connectivity index (χ1) is 9.93. The number of hydrogen-bond donors (Lipinski definition) is 1. The van der Waals surface area contributed by atoms with Crippen LogP contribution >= 0.6 is 0 Å². The number of unbranched alkanes of at least 4 members (excludes halogenated alkanes) is 1. The first-order valence-electron chi connectivity index (χ1n) is 7.53. The lowest BCUT2D eigenvalue weighted by Gasteiger charge is -2.35. The quantitative estimate of drug-likeness (QED) is 0.899. The minimum absolute atomic E-state index is 0.171. The van der Waals surface area contributed by atoms with E-state index >= 15 is 0 Å². The zero-order valence-electron chi connectivity index (χ0n) is 12.7. The lowest BCUT2D eigenvalue weighted by atomic mass is 9.94. The number of aryl methyl sites for hydroxylation is 1. The number of likely N-dealkylation sites (tertiary alicyclic amines) is 1. The summed E-state index contributed by atoms with van der Waals surface area (Å²) in [6, 6.07) is 2.88. The molecule has 0 aliphatic carbocycles. The summed E-state index contributed by atoms with van der Waals surface area (Å²) in [5.74, 6) is -0.171. The van der Waals surface area contributed by atoms with E-state index < -0.39 is 5.60 Å². The summed E-state index contributed by atoms with van der Waals surface area (Å²) in [5.41, 5.74) is -0.571. The van der Waals surface area contributed by atoms with Gasteiger partial charge in [0.05, 0.1) is 5.60 Å². The van der Waals surface area contributed by atoms with Gasteiger partial charge in [0.15, 0.2) is 0 Å². The second-order valence-corrected chi connectivity index (χ2v) is 5.92. The van der Waals surface area contributed by atoms with Gasteiger partial charge in [-0.3, -0.25) is 9.59 Å². The summed E-state index contributed by atoms with van der Waals surface area (Å²) >= 11 is 0. The maximum Gasteiger partial charge on any atom is 0.274 e. The molecule has 1 fully saturated rings. The summed E-state index contributed by atoms with van der Waals surface area (Å²) in [5, 5.41) is 14.1. The molecule has 1 aliphatic heterocycles. The van der Waals surface area contributed by atoms with E-state index in [2.05, 4.69) is 5.10 Å². The summed E-state index contributed by atoms with van der Waals surface area (Å²) < 4.78 is 1.36. The van der Waals surface area contributed by atoms with Crippen molar-refractivity contribution >= 4 is 5.91 Å². The minimum atomic E-state index is -0.690. The zero-order valence-corrected chi connectivity index (χ0v) is 12.7. The molecule has 6 nitrogen and oxygen atoms in total. The highest BCUT2D eigenvalue weighted by molar-refractivity contribution is 5.92. The van der Waals surface area contributed by atoms with Crippen molar-refractivity contribution in [1.82, 2.24) is 14.7 Å². The summed E-state index contributed by atoms with van der Waals surface area (Å²) in [4.78, 5) is 25.8. The third-order valence-electron chi connectivity index (χ3n) is 3.94. The van der Waals surface area contributed by atoms with Crippen LogP contribution < -0.4 is 5.56 Å². The van der Waals surface area contributed by atoms with E-state index in [1.165, 1.54) is 16.8 Å². The van der Waals surface area contributed by atoms with E-state index in [4.69, 9.17) is 0 Å². The van der Waals surface area contributed by atoms with Crippen LogP contribution in [0.2, 0.25) is 0 Å². The van der Waals surface area contributed by atoms with Crippen molar-refractivity contribution < 1.29 is 9.90 Å². The molecule has 0 spiro atoms. The van der Waals surface area contributed by atoms with E-state index in [1.807, 2.05) is 6.92 Å². The van der Waals surface area contributed by atoms with Gasteiger partial charge in [-0.25, -0.2) is 4.68 Å². The molecule has 0 saturated carbocycles. The highest BCUT2D eigenvalue weighted by Crippen LogP contribution is 2.21. The van der Waals surface area contributed by atoms with Gasteiger partial charge in [0.2, 0.25) is 0 Å². The van der Waals surface area contributed by atoms with Gasteiger partial charge in [0.1, 0.15) is 5.69 Å². The van der Waals surface area contributed by atoms with Crippen molar-refractivity contribution in [3.8, 4) is 0 Å². The van der Waals surface area contributed by atoms with E-state index in [0.717, 1.165) is 12.8 Å². The molecule has 1 aromatic rings. The third-order valence-corrected chi connectivity index (χ3v) is 3.94. The van der Waals surface area contributed by atoms with Crippen LogP contribution in [0.1, 0.15) is 50.0 Å². The molecule has 21 heavy (non-hydrogen) atoms. The normalized spacial score (nSPS) is 17.8. The van der Waals surface area contributed by atoms with Crippen LogP contribution in [-0.2, 0) is 6.54 Å². The lowest BCUT2D eigenvalue weighted by Crippen LogP contribution is -2.45. The molecule has 0 aromatic carbocycles. The highest BCUT2D eigenvalue weighted by atomic mass is 16.3. The second-order valence-electron chi connectivity index (χ2n) is 5.92. The van der Waals surface area contributed by atoms with Crippen LogP contribution in [0.5, 0.6) is 0 Å². The van der Waals surface area contributed by atoms with Crippen LogP contribution in [0.3, 0.4) is 0 Å². The van der Waals surface area contributed by atoms with Gasteiger partial charge in [0, 0.05) is 25.7 Å². The number of carbonyl (C=O) groups is 1. The Morgan fingerprint density at radius 2 is 2.05 bits per heavy atom. The van der Waals surface area contributed by atoms with E-state index in [0.29, 0.717) is 38.2 Å². The zero-order chi connectivity index (χ0) is 15.5. The fourth-order valence-corrected chi connectivity index (χ4v) is 2.38. The largest absolute Gasteiger partial charge is 0.390 e. The van der Waals surface area contributed by atoms with Gasteiger partial charge in [-0.1, -0.05) is 13.3 Å². The Balaban J connectivity index is 2.11. The molecule has 1 amide bonds. The minimum Gasteiger partial charge on any atom is -0.390 e. The van der Waals surface area contributed by atoms with Gasteiger partial charge in [-0.05, 0) is 32.3 Å². The summed E-state index contributed by atoms with van der Waals surface area (Å²) in [7, 11) is 0. The molecule has 0 bridgehead atoms. The van der Waals surface area contributed by atoms with Crippen molar-refractivity contribution in [2.45, 2.75) is 51.7 Å². The monoisotopic (exact) mass is 293 g/mol. The Bertz CT molecular complexity index is 556. The predicted molar refractivity (Wildman–Crippen MR) is 79.2 cm³/mol. The summed E-state index contributed by atoms with van der Waals surface area (Å²) in [6.07, 6.45) is 2.95. The fraction of sp³-hybridized carbons (Fsp3) is 0.667. The van der Waals surface area contributed by atoms with Crippen molar-refractivity contribution in [3.63, 3.8) is 0 Å². The molecule has 1 aliphatic rings. The van der Waals surface area contributed by atoms with E-state index in [9.17, 15) is 14.7 Å². The SMILES string of the molecule is CCCCn1nc(C(=O)N2CCC(C)(O)CC2)ccc1=O. The third kappa shape index (κ3) is 3.91. The molecule has 0 atom stereocenters. The molecular formula is C15H23N3O3. The molecule has 1 N–H and O–H groups in total. The van der Waals surface area contributed by atoms with Crippen molar-refractivity contribution in [2.24, 2.45) is 0 Å². The first-order valence-corrected chi connectivity index (χ1v) is 7.53. The maximum absolute atomic E-state index is 12.4. The Morgan fingerprint density at radius 1 is 1.38 bits per heavy atom. The van der Waals surface area contributed by atoms with Gasteiger partial charge < -0.3 is 10.0 Å². The Morgan fingerprint density at radius 3 is 2.67 bits per heavy atom. The van der Waals surface area contributed by atoms with Crippen LogP contribution in [0, 0.1) is 0 Å². The average molecular weight is 293 g/mol. The predicted octanol–water partition coefficient (Wildman–Crippen LogP) is 1.03. The molecule has 1 saturated heterocycles. The number of amides is 1. The lowest BCUT2D eigenvalue weighted by molar-refractivity contribution is -0.00226. The summed E-state index contributed by atoms with van der Waals surface area (Å²) in [6.45, 7) is 5.39. The fourth-order valence-electron chi connectivity index (χ4n) is 2.38. The van der Waals surface area contributed by atoms with Gasteiger partial charge in [-0.2, -0.15) is 5.10 Å². The van der Waals surface area contributed by atoms with Crippen molar-refractivity contribution in [2.75, 3.05) is 13.1 Å². The second kappa shape index (κ2) is 6.39. The van der Waals surface area contributed by atoms with Crippen LogP contribution in [-0.4, -0.2) is 44.4 Å². The first kappa shape index (κ1) is 15.7. The molecule has 6 heteroatoms. The Kier molecular flexibility index (Phi) is 4.77. The number of aromatic nitrogens is 2. The molecule has 0 radical (unpaired) electrons. The topological polar surface area (TPSA) is 75.4 Å². The molecule has 2 rings (SSSR count). The van der Waals surface area contributed by atoms with Gasteiger partial charge in [0.25, 0.3) is 11.5 Å². The maximum atomic E-state index is 12.4. The Hall–Kier alpha value is -1.69. The number of carbonyl (C=O) groups excluding carboxylic acids is 1. The molecular weight excluding hydrogens is 270 g/mol. The van der Waals surface area contributed by atoms with Gasteiger partial charge in [-0.15, -0.1) is 0 Å². The smallest absolute Gasteiger partial charge is 0.274 e. The number of piperidine rings is 1.